The van der Waals surface area contributed by atoms with Crippen molar-refractivity contribution in [3.8, 4) is 0 Å². The molecule has 2 N–H and O–H groups in total. The number of rotatable bonds is 7. The van der Waals surface area contributed by atoms with Gasteiger partial charge in [0.25, 0.3) is 0 Å². The number of hydrogen-bond donors (Lipinski definition) is 2. The number of amides is 1. The van der Waals surface area contributed by atoms with Crippen molar-refractivity contribution >= 4 is 39.2 Å². The first-order valence-electron chi connectivity index (χ1n) is 7.06. The van der Waals surface area contributed by atoms with Gasteiger partial charge >= 0.3 is 0 Å². The summed E-state index contributed by atoms with van der Waals surface area (Å²) in [6.07, 6.45) is 1.47. The standard InChI is InChI=1S/C14H21N5OS/c1-4-7-16-14-17-12(10-6-9-21-13(10)18-14)19(3)8-5-11(20)15-2/h6,9H,4-5,7-8H2,1-3H3,(H,15,20)(H,16,17,18). The van der Waals surface area contributed by atoms with Crippen molar-refractivity contribution in [1.29, 1.82) is 0 Å². The Bertz CT molecular complexity index is 612. The summed E-state index contributed by atoms with van der Waals surface area (Å²) in [5.41, 5.74) is 0. The number of fused-ring (bicyclic) bond motifs is 1. The van der Waals surface area contributed by atoms with Crippen LogP contribution in [0.25, 0.3) is 10.2 Å². The molecule has 0 saturated carbocycles. The van der Waals surface area contributed by atoms with E-state index in [4.69, 9.17) is 0 Å². The van der Waals surface area contributed by atoms with Gasteiger partial charge in [0.1, 0.15) is 10.6 Å². The third-order valence-corrected chi connectivity index (χ3v) is 3.96. The predicted octanol–water partition coefficient (Wildman–Crippen LogP) is 2.09. The van der Waals surface area contributed by atoms with Crippen LogP contribution in [0.3, 0.4) is 0 Å². The monoisotopic (exact) mass is 307 g/mol. The molecule has 0 atom stereocenters. The maximum Gasteiger partial charge on any atom is 0.226 e. The number of anilines is 2. The first-order valence-corrected chi connectivity index (χ1v) is 7.94. The summed E-state index contributed by atoms with van der Waals surface area (Å²) in [5, 5.41) is 8.90. The van der Waals surface area contributed by atoms with Gasteiger partial charge in [0, 0.05) is 33.6 Å². The van der Waals surface area contributed by atoms with E-state index >= 15 is 0 Å². The molecule has 0 fully saturated rings. The number of thiophene rings is 1. The van der Waals surface area contributed by atoms with Crippen molar-refractivity contribution in [3.05, 3.63) is 11.4 Å². The zero-order chi connectivity index (χ0) is 15.2. The van der Waals surface area contributed by atoms with Crippen LogP contribution in [0.1, 0.15) is 19.8 Å². The molecule has 0 unspecified atom stereocenters. The van der Waals surface area contributed by atoms with E-state index in [0.29, 0.717) is 18.9 Å². The highest BCUT2D eigenvalue weighted by molar-refractivity contribution is 7.16. The zero-order valence-electron chi connectivity index (χ0n) is 12.6. The Morgan fingerprint density at radius 1 is 1.43 bits per heavy atom. The van der Waals surface area contributed by atoms with Crippen molar-refractivity contribution in [2.45, 2.75) is 19.8 Å². The van der Waals surface area contributed by atoms with E-state index < -0.39 is 0 Å². The SMILES string of the molecule is CCCNc1nc(N(C)CCC(=O)NC)c2ccsc2n1. The summed E-state index contributed by atoms with van der Waals surface area (Å²) >= 11 is 1.60. The van der Waals surface area contributed by atoms with Crippen molar-refractivity contribution in [2.24, 2.45) is 0 Å². The van der Waals surface area contributed by atoms with Crippen molar-refractivity contribution < 1.29 is 4.79 Å². The molecule has 1 amide bonds. The Kier molecular flexibility index (Phi) is 5.32. The number of aromatic nitrogens is 2. The van der Waals surface area contributed by atoms with E-state index in [-0.39, 0.29) is 5.91 Å². The highest BCUT2D eigenvalue weighted by Crippen LogP contribution is 2.28. The lowest BCUT2D eigenvalue weighted by Gasteiger charge is -2.19. The molecule has 0 aliphatic heterocycles. The third-order valence-electron chi connectivity index (χ3n) is 3.15. The molecule has 2 heterocycles. The molecule has 0 bridgehead atoms. The fourth-order valence-corrected chi connectivity index (χ4v) is 2.71. The Morgan fingerprint density at radius 2 is 2.24 bits per heavy atom. The van der Waals surface area contributed by atoms with Gasteiger partial charge < -0.3 is 15.5 Å². The molecule has 0 spiro atoms. The van der Waals surface area contributed by atoms with Crippen LogP contribution < -0.4 is 15.5 Å². The van der Waals surface area contributed by atoms with E-state index in [9.17, 15) is 4.79 Å². The quantitative estimate of drug-likeness (QED) is 0.819. The lowest BCUT2D eigenvalue weighted by molar-refractivity contribution is -0.120. The van der Waals surface area contributed by atoms with Crippen LogP contribution in [0.2, 0.25) is 0 Å². The first kappa shape index (κ1) is 15.5. The molecule has 2 aromatic rings. The van der Waals surface area contributed by atoms with Crippen LogP contribution in [-0.2, 0) is 4.79 Å². The smallest absolute Gasteiger partial charge is 0.226 e. The summed E-state index contributed by atoms with van der Waals surface area (Å²) in [6.45, 7) is 3.57. The van der Waals surface area contributed by atoms with Crippen LogP contribution in [0.15, 0.2) is 11.4 Å². The number of nitrogens with one attached hydrogen (secondary N) is 2. The highest BCUT2D eigenvalue weighted by atomic mass is 32.1. The van der Waals surface area contributed by atoms with Crippen molar-refractivity contribution in [2.75, 3.05) is 37.4 Å². The number of hydrogen-bond acceptors (Lipinski definition) is 6. The molecule has 0 aromatic carbocycles. The van der Waals surface area contributed by atoms with Crippen LogP contribution in [0.5, 0.6) is 0 Å². The molecule has 0 radical (unpaired) electrons. The van der Waals surface area contributed by atoms with Gasteiger partial charge in [0.15, 0.2) is 0 Å². The molecule has 2 aromatic heterocycles. The topological polar surface area (TPSA) is 70.2 Å². The van der Waals surface area contributed by atoms with Gasteiger partial charge in [-0.3, -0.25) is 4.79 Å². The molecule has 6 nitrogen and oxygen atoms in total. The zero-order valence-corrected chi connectivity index (χ0v) is 13.5. The van der Waals surface area contributed by atoms with Crippen LogP contribution in [0, 0.1) is 0 Å². The molecule has 7 heteroatoms. The molecule has 0 aliphatic rings. The van der Waals surface area contributed by atoms with Crippen LogP contribution in [0.4, 0.5) is 11.8 Å². The lowest BCUT2D eigenvalue weighted by Crippen LogP contribution is -2.27. The second kappa shape index (κ2) is 7.21. The Balaban J connectivity index is 2.23. The van der Waals surface area contributed by atoms with E-state index in [2.05, 4.69) is 27.5 Å². The fourth-order valence-electron chi connectivity index (χ4n) is 1.95. The number of carbonyl (C=O) groups is 1. The predicted molar refractivity (Wildman–Crippen MR) is 88.1 cm³/mol. The van der Waals surface area contributed by atoms with Crippen LogP contribution >= 0.6 is 11.3 Å². The Labute approximate surface area is 128 Å². The summed E-state index contributed by atoms with van der Waals surface area (Å²) < 4.78 is 0. The molecular weight excluding hydrogens is 286 g/mol. The van der Waals surface area contributed by atoms with Crippen molar-refractivity contribution in [1.82, 2.24) is 15.3 Å². The van der Waals surface area contributed by atoms with Crippen molar-refractivity contribution in [3.63, 3.8) is 0 Å². The van der Waals surface area contributed by atoms with E-state index in [1.165, 1.54) is 0 Å². The second-order valence-electron chi connectivity index (χ2n) is 4.78. The minimum Gasteiger partial charge on any atom is -0.359 e. The first-order chi connectivity index (χ1) is 10.2. The van der Waals surface area contributed by atoms with E-state index in [1.54, 1.807) is 18.4 Å². The summed E-state index contributed by atoms with van der Waals surface area (Å²) in [4.78, 5) is 23.5. The van der Waals surface area contributed by atoms with Gasteiger partial charge in [0.05, 0.1) is 5.39 Å². The fraction of sp³-hybridized carbons (Fsp3) is 0.500. The van der Waals surface area contributed by atoms with Crippen LogP contribution in [-0.4, -0.2) is 43.1 Å². The number of carbonyl (C=O) groups excluding carboxylic acids is 1. The van der Waals surface area contributed by atoms with Gasteiger partial charge in [-0.2, -0.15) is 4.98 Å². The maximum absolute atomic E-state index is 11.4. The average Bonchev–Trinajstić information content (AvgIpc) is 2.97. The average molecular weight is 307 g/mol. The normalized spacial score (nSPS) is 10.6. The molecule has 114 valence electrons. The largest absolute Gasteiger partial charge is 0.359 e. The summed E-state index contributed by atoms with van der Waals surface area (Å²) in [7, 11) is 3.60. The van der Waals surface area contributed by atoms with E-state index in [0.717, 1.165) is 29.0 Å². The Morgan fingerprint density at radius 3 is 2.95 bits per heavy atom. The summed E-state index contributed by atoms with van der Waals surface area (Å²) in [5.74, 6) is 1.54. The molecule has 0 saturated heterocycles. The van der Waals surface area contributed by atoms with Gasteiger partial charge in [-0.25, -0.2) is 4.98 Å². The van der Waals surface area contributed by atoms with Gasteiger partial charge in [-0.05, 0) is 17.9 Å². The highest BCUT2D eigenvalue weighted by Gasteiger charge is 2.13. The maximum atomic E-state index is 11.4. The number of nitrogens with zero attached hydrogens (tertiary/aromatic N) is 3. The minimum atomic E-state index is 0.0294. The molecule has 0 aliphatic carbocycles. The second-order valence-corrected chi connectivity index (χ2v) is 5.68. The minimum absolute atomic E-state index is 0.0294. The third kappa shape index (κ3) is 3.81. The summed E-state index contributed by atoms with van der Waals surface area (Å²) in [6, 6.07) is 2.02. The molecule has 2 rings (SSSR count). The lowest BCUT2D eigenvalue weighted by atomic mass is 10.3. The Hall–Kier alpha value is -1.89. The van der Waals surface area contributed by atoms with Gasteiger partial charge in [0.2, 0.25) is 11.9 Å². The molecular formula is C14H21N5OS. The van der Waals surface area contributed by atoms with E-state index in [1.807, 2.05) is 23.4 Å². The molecule has 21 heavy (non-hydrogen) atoms. The van der Waals surface area contributed by atoms with Gasteiger partial charge in [-0.1, -0.05) is 6.92 Å². The van der Waals surface area contributed by atoms with Gasteiger partial charge in [-0.15, -0.1) is 11.3 Å².